The minimum Gasteiger partial charge on any atom is -0.352 e. The number of hydrogen-bond acceptors (Lipinski definition) is 5. The summed E-state index contributed by atoms with van der Waals surface area (Å²) >= 11 is 1.72. The van der Waals surface area contributed by atoms with Crippen molar-refractivity contribution in [3.05, 3.63) is 16.8 Å². The summed E-state index contributed by atoms with van der Waals surface area (Å²) in [6.07, 6.45) is 1.64. The van der Waals surface area contributed by atoms with Crippen molar-refractivity contribution in [2.45, 2.75) is 20.8 Å². The Balaban J connectivity index is 1.94. The molecule has 106 valence electrons. The number of hydrogen-bond donors (Lipinski definition) is 0. The van der Waals surface area contributed by atoms with Gasteiger partial charge in [-0.25, -0.2) is 9.97 Å². The Morgan fingerprint density at radius 2 is 1.90 bits per heavy atom. The lowest BCUT2D eigenvalue weighted by Gasteiger charge is -2.35. The second-order valence-electron chi connectivity index (χ2n) is 5.15. The van der Waals surface area contributed by atoms with Crippen molar-refractivity contribution in [3.63, 3.8) is 0 Å². The quantitative estimate of drug-likeness (QED) is 0.806. The number of anilines is 1. The van der Waals surface area contributed by atoms with Gasteiger partial charge in [0.1, 0.15) is 17.0 Å². The van der Waals surface area contributed by atoms with E-state index in [-0.39, 0.29) is 5.91 Å². The molecule has 2 aromatic heterocycles. The number of aromatic nitrogens is 2. The van der Waals surface area contributed by atoms with Crippen molar-refractivity contribution < 1.29 is 4.79 Å². The fourth-order valence-electron chi connectivity index (χ4n) is 2.64. The largest absolute Gasteiger partial charge is 0.352 e. The van der Waals surface area contributed by atoms with E-state index in [2.05, 4.69) is 28.7 Å². The van der Waals surface area contributed by atoms with Crippen LogP contribution in [0.3, 0.4) is 0 Å². The minimum atomic E-state index is 0.153. The first-order valence-electron chi connectivity index (χ1n) is 6.79. The van der Waals surface area contributed by atoms with Gasteiger partial charge in [-0.2, -0.15) is 0 Å². The van der Waals surface area contributed by atoms with Gasteiger partial charge in [-0.15, -0.1) is 11.3 Å². The zero-order chi connectivity index (χ0) is 14.3. The second kappa shape index (κ2) is 5.01. The van der Waals surface area contributed by atoms with Gasteiger partial charge in [0.2, 0.25) is 5.91 Å². The van der Waals surface area contributed by atoms with E-state index in [0.29, 0.717) is 0 Å². The Morgan fingerprint density at radius 1 is 1.20 bits per heavy atom. The molecule has 0 saturated carbocycles. The first-order valence-corrected chi connectivity index (χ1v) is 7.60. The predicted molar refractivity (Wildman–Crippen MR) is 81.4 cm³/mol. The van der Waals surface area contributed by atoms with E-state index in [1.54, 1.807) is 24.6 Å². The maximum Gasteiger partial charge on any atom is 0.219 e. The van der Waals surface area contributed by atoms with E-state index < -0.39 is 0 Å². The molecule has 20 heavy (non-hydrogen) atoms. The summed E-state index contributed by atoms with van der Waals surface area (Å²) in [6, 6.07) is 0. The Hall–Kier alpha value is -1.69. The zero-order valence-corrected chi connectivity index (χ0v) is 12.8. The number of nitrogens with zero attached hydrogens (tertiary/aromatic N) is 4. The maximum absolute atomic E-state index is 11.4. The number of thiophene rings is 1. The second-order valence-corrected chi connectivity index (χ2v) is 6.36. The molecule has 1 fully saturated rings. The third kappa shape index (κ3) is 2.14. The summed E-state index contributed by atoms with van der Waals surface area (Å²) in [7, 11) is 0. The predicted octanol–water partition coefficient (Wildman–Crippen LogP) is 1.98. The average Bonchev–Trinajstić information content (AvgIpc) is 2.74. The van der Waals surface area contributed by atoms with E-state index in [0.717, 1.165) is 36.8 Å². The van der Waals surface area contributed by atoms with E-state index in [1.165, 1.54) is 15.8 Å². The highest BCUT2D eigenvalue weighted by Gasteiger charge is 2.22. The first kappa shape index (κ1) is 13.3. The van der Waals surface area contributed by atoms with E-state index in [4.69, 9.17) is 0 Å². The first-order chi connectivity index (χ1) is 9.58. The molecule has 2 aromatic rings. The molecule has 0 aliphatic carbocycles. The molecule has 0 aromatic carbocycles. The molecule has 3 rings (SSSR count). The van der Waals surface area contributed by atoms with Crippen molar-refractivity contribution in [1.82, 2.24) is 14.9 Å². The lowest BCUT2D eigenvalue weighted by Crippen LogP contribution is -2.48. The molecule has 0 N–H and O–H groups in total. The molecule has 0 unspecified atom stereocenters. The summed E-state index contributed by atoms with van der Waals surface area (Å²) in [5.41, 5.74) is 1.27. The number of carbonyl (C=O) groups is 1. The van der Waals surface area contributed by atoms with Gasteiger partial charge in [0.25, 0.3) is 0 Å². The van der Waals surface area contributed by atoms with Gasteiger partial charge in [-0.3, -0.25) is 4.79 Å². The van der Waals surface area contributed by atoms with Crippen LogP contribution >= 0.6 is 11.3 Å². The number of aryl methyl sites for hydroxylation is 2. The summed E-state index contributed by atoms with van der Waals surface area (Å²) < 4.78 is 0. The van der Waals surface area contributed by atoms with Crippen molar-refractivity contribution in [3.8, 4) is 0 Å². The van der Waals surface area contributed by atoms with Crippen molar-refractivity contribution in [2.75, 3.05) is 31.1 Å². The lowest BCUT2D eigenvalue weighted by atomic mass is 10.2. The highest BCUT2D eigenvalue weighted by molar-refractivity contribution is 7.18. The molecule has 1 aliphatic heterocycles. The molecule has 0 spiro atoms. The summed E-state index contributed by atoms with van der Waals surface area (Å²) in [4.78, 5) is 26.8. The Bertz CT molecular complexity index is 658. The van der Waals surface area contributed by atoms with Gasteiger partial charge in [0.05, 0.1) is 5.39 Å². The molecule has 0 radical (unpaired) electrons. The van der Waals surface area contributed by atoms with Gasteiger partial charge in [0.15, 0.2) is 0 Å². The number of rotatable bonds is 1. The fraction of sp³-hybridized carbons (Fsp3) is 0.500. The standard InChI is InChI=1S/C14H18N4OS/c1-9-10(2)20-14-12(9)13(15-8-16-14)18-6-4-17(5-7-18)11(3)19/h8H,4-7H2,1-3H3. The molecule has 1 saturated heterocycles. The highest BCUT2D eigenvalue weighted by atomic mass is 32.1. The lowest BCUT2D eigenvalue weighted by molar-refractivity contribution is -0.129. The van der Waals surface area contributed by atoms with Crippen LogP contribution in [0.15, 0.2) is 6.33 Å². The van der Waals surface area contributed by atoms with Crippen LogP contribution in [-0.4, -0.2) is 47.0 Å². The van der Waals surface area contributed by atoms with Gasteiger partial charge in [0, 0.05) is 38.0 Å². The minimum absolute atomic E-state index is 0.153. The molecule has 3 heterocycles. The summed E-state index contributed by atoms with van der Waals surface area (Å²) in [5, 5.41) is 1.17. The molecule has 0 atom stereocenters. The molecule has 5 nitrogen and oxygen atoms in total. The normalized spacial score (nSPS) is 15.9. The SMILES string of the molecule is CC(=O)N1CCN(c2ncnc3sc(C)c(C)c23)CC1. The average molecular weight is 290 g/mol. The monoisotopic (exact) mass is 290 g/mol. The number of fused-ring (bicyclic) bond motifs is 1. The van der Waals surface area contributed by atoms with Crippen LogP contribution in [-0.2, 0) is 4.79 Å². The Labute approximate surface area is 122 Å². The van der Waals surface area contributed by atoms with Crippen LogP contribution in [0.1, 0.15) is 17.4 Å². The summed E-state index contributed by atoms with van der Waals surface area (Å²) in [6.45, 7) is 9.09. The van der Waals surface area contributed by atoms with Gasteiger partial charge < -0.3 is 9.80 Å². The third-order valence-corrected chi connectivity index (χ3v) is 5.09. The van der Waals surface area contributed by atoms with E-state index in [9.17, 15) is 4.79 Å². The molecule has 6 heteroatoms. The third-order valence-electron chi connectivity index (χ3n) is 3.97. The topological polar surface area (TPSA) is 49.3 Å². The van der Waals surface area contributed by atoms with Gasteiger partial charge in [-0.1, -0.05) is 0 Å². The van der Waals surface area contributed by atoms with E-state index in [1.807, 2.05) is 4.90 Å². The van der Waals surface area contributed by atoms with Crippen LogP contribution in [0, 0.1) is 13.8 Å². The molecule has 1 amide bonds. The molecule has 1 aliphatic rings. The van der Waals surface area contributed by atoms with Crippen LogP contribution in [0.25, 0.3) is 10.2 Å². The van der Waals surface area contributed by atoms with Crippen LogP contribution in [0.5, 0.6) is 0 Å². The van der Waals surface area contributed by atoms with Gasteiger partial charge in [-0.05, 0) is 19.4 Å². The number of carbonyl (C=O) groups excluding carboxylic acids is 1. The Morgan fingerprint density at radius 3 is 2.55 bits per heavy atom. The van der Waals surface area contributed by atoms with Crippen LogP contribution < -0.4 is 4.90 Å². The maximum atomic E-state index is 11.4. The van der Waals surface area contributed by atoms with Crippen LogP contribution in [0.2, 0.25) is 0 Å². The van der Waals surface area contributed by atoms with E-state index >= 15 is 0 Å². The fourth-order valence-corrected chi connectivity index (χ4v) is 3.63. The zero-order valence-electron chi connectivity index (χ0n) is 12.0. The number of amides is 1. The summed E-state index contributed by atoms with van der Waals surface area (Å²) in [5.74, 6) is 1.17. The van der Waals surface area contributed by atoms with Gasteiger partial charge >= 0.3 is 0 Å². The highest BCUT2D eigenvalue weighted by Crippen LogP contribution is 2.34. The Kier molecular flexibility index (Phi) is 3.33. The number of piperazine rings is 1. The van der Waals surface area contributed by atoms with Crippen molar-refractivity contribution >= 4 is 33.3 Å². The molecule has 0 bridgehead atoms. The smallest absolute Gasteiger partial charge is 0.219 e. The van der Waals surface area contributed by atoms with Crippen LogP contribution in [0.4, 0.5) is 5.82 Å². The van der Waals surface area contributed by atoms with Crippen molar-refractivity contribution in [2.24, 2.45) is 0 Å². The molecular formula is C14H18N4OS. The molecular weight excluding hydrogens is 272 g/mol. The van der Waals surface area contributed by atoms with Crippen molar-refractivity contribution in [1.29, 1.82) is 0 Å².